The number of aliphatic hydroxyl groups excluding tert-OH is 4. The summed E-state index contributed by atoms with van der Waals surface area (Å²) in [6, 6.07) is 7.52. The van der Waals surface area contributed by atoms with Crippen molar-refractivity contribution in [2.24, 2.45) is 0 Å². The molecule has 0 fully saturated rings. The van der Waals surface area contributed by atoms with Crippen molar-refractivity contribution < 1.29 is 46.4 Å². The summed E-state index contributed by atoms with van der Waals surface area (Å²) < 4.78 is 70.2. The van der Waals surface area contributed by atoms with Crippen LogP contribution in [-0.4, -0.2) is 127 Å². The molecule has 0 bridgehead atoms. The minimum absolute atomic E-state index is 0.00800. The zero-order valence-corrected chi connectivity index (χ0v) is 33.4. The van der Waals surface area contributed by atoms with Crippen LogP contribution in [0.4, 0.5) is 35.2 Å². The Hall–Kier alpha value is -4.36. The molecule has 0 spiro atoms. The second-order valence-electron chi connectivity index (χ2n) is 12.7. The standard InChI is InChI=1S/C32H40Cl2N10O10S2/c1-17(45)13-43(14-18(2)46)31-39-27(33)37-29(41-31)35-23-9-7-21(25(11-23)55(49,50)51)5-6-22-8-10-24(12-26(22)56(52,53)54)36-30-38-28(34)40-32(42-30)44(15-19(3)47)16-20(4)48/h5-12,17-20,45-48H,13-16H2,1-4H3,(H,49,50,51)(H,52,53,54)(H,35,37,39,41)(H,36,38,40,42). The van der Waals surface area contributed by atoms with Gasteiger partial charge in [0, 0.05) is 37.6 Å². The van der Waals surface area contributed by atoms with E-state index in [1.807, 2.05) is 0 Å². The predicted molar refractivity (Wildman–Crippen MR) is 209 cm³/mol. The van der Waals surface area contributed by atoms with Gasteiger partial charge in [0.05, 0.1) is 24.4 Å². The highest BCUT2D eigenvalue weighted by Crippen LogP contribution is 2.29. The Kier molecular flexibility index (Phi) is 14.8. The monoisotopic (exact) mass is 858 g/mol. The molecule has 24 heteroatoms. The van der Waals surface area contributed by atoms with Crippen molar-refractivity contribution in [3.05, 3.63) is 58.1 Å². The van der Waals surface area contributed by atoms with E-state index in [0.29, 0.717) is 0 Å². The highest BCUT2D eigenvalue weighted by Gasteiger charge is 2.21. The number of nitrogens with zero attached hydrogens (tertiary/aromatic N) is 8. The third-order valence-corrected chi connectivity index (χ3v) is 9.39. The number of hydrogen-bond donors (Lipinski definition) is 8. The maximum absolute atomic E-state index is 12.5. The zero-order valence-electron chi connectivity index (χ0n) is 30.2. The van der Waals surface area contributed by atoms with Crippen molar-refractivity contribution in [3.8, 4) is 0 Å². The molecule has 4 aromatic rings. The molecule has 2 aromatic carbocycles. The first-order valence-electron chi connectivity index (χ1n) is 16.6. The van der Waals surface area contributed by atoms with Crippen LogP contribution in [-0.2, 0) is 20.2 Å². The lowest BCUT2D eigenvalue weighted by Gasteiger charge is -2.25. The Morgan fingerprint density at radius 2 is 0.911 bits per heavy atom. The number of rotatable bonds is 18. The van der Waals surface area contributed by atoms with Gasteiger partial charge in [-0.2, -0.15) is 46.7 Å². The van der Waals surface area contributed by atoms with Crippen LogP contribution in [0.1, 0.15) is 38.8 Å². The van der Waals surface area contributed by atoms with E-state index in [-0.39, 0.29) is 83.0 Å². The number of aromatic nitrogens is 6. The molecule has 0 amide bonds. The molecule has 4 atom stereocenters. The number of halogens is 2. The first-order chi connectivity index (χ1) is 26.1. The largest absolute Gasteiger partial charge is 0.392 e. The SMILES string of the molecule is CC(O)CN(CC(C)O)c1nc(Cl)nc(Nc2ccc(C=Cc3ccc(Nc4nc(Cl)nc(N(CC(C)O)CC(C)O)n4)cc3S(=O)(=O)O)c(S(=O)(=O)O)c2)n1. The molecule has 4 unspecified atom stereocenters. The Labute approximate surface area is 332 Å². The van der Waals surface area contributed by atoms with Crippen molar-refractivity contribution in [2.45, 2.75) is 61.9 Å². The minimum Gasteiger partial charge on any atom is -0.392 e. The fourth-order valence-electron chi connectivity index (χ4n) is 5.21. The lowest BCUT2D eigenvalue weighted by molar-refractivity contribution is 0.176. The molecule has 2 aromatic heterocycles. The third-order valence-electron chi connectivity index (χ3n) is 7.23. The summed E-state index contributed by atoms with van der Waals surface area (Å²) in [6.45, 7) is 6.30. The molecule has 0 radical (unpaired) electrons. The maximum atomic E-state index is 12.5. The van der Waals surface area contributed by atoms with Crippen LogP contribution in [0.3, 0.4) is 0 Å². The molecule has 0 saturated heterocycles. The summed E-state index contributed by atoms with van der Waals surface area (Å²) in [5, 5.41) is 44.7. The molecule has 0 aliphatic rings. The molecule has 2 heterocycles. The van der Waals surface area contributed by atoms with Gasteiger partial charge in [-0.1, -0.05) is 24.3 Å². The summed E-state index contributed by atoms with van der Waals surface area (Å²) in [6.07, 6.45) is -0.890. The van der Waals surface area contributed by atoms with E-state index in [9.17, 15) is 46.4 Å². The summed E-state index contributed by atoms with van der Waals surface area (Å²) >= 11 is 12.2. The normalized spacial score (nSPS) is 14.3. The van der Waals surface area contributed by atoms with Gasteiger partial charge < -0.3 is 40.9 Å². The summed E-state index contributed by atoms with van der Waals surface area (Å²) in [5.74, 6) is -0.253. The lowest BCUT2D eigenvalue weighted by atomic mass is 10.1. The highest BCUT2D eigenvalue weighted by atomic mass is 35.5. The van der Waals surface area contributed by atoms with Gasteiger partial charge >= 0.3 is 0 Å². The first-order valence-corrected chi connectivity index (χ1v) is 20.2. The molecule has 0 saturated carbocycles. The number of nitrogens with one attached hydrogen (secondary N) is 2. The number of anilines is 6. The van der Waals surface area contributed by atoms with Crippen molar-refractivity contribution in [3.63, 3.8) is 0 Å². The topological polar surface area (TPSA) is 298 Å². The van der Waals surface area contributed by atoms with Crippen molar-refractivity contribution in [2.75, 3.05) is 46.6 Å². The van der Waals surface area contributed by atoms with Gasteiger partial charge in [0.1, 0.15) is 9.79 Å². The van der Waals surface area contributed by atoms with Gasteiger partial charge in [-0.15, -0.1) is 0 Å². The third kappa shape index (κ3) is 13.1. The van der Waals surface area contributed by atoms with Gasteiger partial charge in [-0.25, -0.2) is 0 Å². The van der Waals surface area contributed by atoms with Crippen LogP contribution in [0.5, 0.6) is 0 Å². The van der Waals surface area contributed by atoms with Gasteiger partial charge in [0.15, 0.2) is 0 Å². The number of hydrogen-bond acceptors (Lipinski definition) is 18. The molecule has 0 aliphatic carbocycles. The van der Waals surface area contributed by atoms with Crippen LogP contribution in [0.2, 0.25) is 10.6 Å². The van der Waals surface area contributed by atoms with E-state index in [2.05, 4.69) is 40.5 Å². The second-order valence-corrected chi connectivity index (χ2v) is 16.2. The van der Waals surface area contributed by atoms with Gasteiger partial charge in [0.25, 0.3) is 20.2 Å². The smallest absolute Gasteiger partial charge is 0.295 e. The summed E-state index contributed by atoms with van der Waals surface area (Å²) in [4.78, 5) is 26.4. The molecule has 8 N–H and O–H groups in total. The van der Waals surface area contributed by atoms with Crippen molar-refractivity contribution in [1.82, 2.24) is 29.9 Å². The Morgan fingerprint density at radius 3 is 1.20 bits per heavy atom. The van der Waals surface area contributed by atoms with E-state index in [1.165, 1.54) is 73.9 Å². The maximum Gasteiger partial charge on any atom is 0.295 e. The minimum atomic E-state index is -4.89. The van der Waals surface area contributed by atoms with Crippen molar-refractivity contribution in [1.29, 1.82) is 0 Å². The molecule has 4 rings (SSSR count). The molecular weight excluding hydrogens is 819 g/mol. The summed E-state index contributed by atoms with van der Waals surface area (Å²) in [7, 11) is -9.78. The van der Waals surface area contributed by atoms with Gasteiger partial charge in [-0.05, 0) is 86.3 Å². The van der Waals surface area contributed by atoms with Crippen LogP contribution in [0.15, 0.2) is 46.2 Å². The Bertz CT molecular complexity index is 2090. The van der Waals surface area contributed by atoms with Gasteiger partial charge in [-0.3, -0.25) is 9.11 Å². The lowest BCUT2D eigenvalue weighted by Crippen LogP contribution is -2.37. The Morgan fingerprint density at radius 1 is 0.589 bits per heavy atom. The van der Waals surface area contributed by atoms with E-state index < -0.39 is 54.4 Å². The van der Waals surface area contributed by atoms with E-state index in [1.54, 1.807) is 0 Å². The fraction of sp³-hybridized carbons (Fsp3) is 0.375. The predicted octanol–water partition coefficient (Wildman–Crippen LogP) is 2.65. The molecular formula is C32H40Cl2N10O10S2. The van der Waals surface area contributed by atoms with E-state index in [0.717, 1.165) is 12.1 Å². The average molecular weight is 860 g/mol. The van der Waals surface area contributed by atoms with Crippen LogP contribution in [0.25, 0.3) is 12.2 Å². The van der Waals surface area contributed by atoms with Gasteiger partial charge in [0.2, 0.25) is 34.4 Å². The Balaban J connectivity index is 1.65. The second kappa shape index (κ2) is 18.7. The van der Waals surface area contributed by atoms with E-state index in [4.69, 9.17) is 23.2 Å². The molecule has 304 valence electrons. The quantitative estimate of drug-likeness (QED) is 0.0527. The fourth-order valence-corrected chi connectivity index (χ4v) is 6.94. The van der Waals surface area contributed by atoms with Crippen molar-refractivity contribution >= 4 is 90.8 Å². The molecule has 56 heavy (non-hydrogen) atoms. The average Bonchev–Trinajstić information content (AvgIpc) is 3.05. The first kappa shape index (κ1) is 44.4. The number of benzene rings is 2. The zero-order chi connectivity index (χ0) is 41.5. The molecule has 20 nitrogen and oxygen atoms in total. The molecule has 0 aliphatic heterocycles. The van der Waals surface area contributed by atoms with E-state index >= 15 is 0 Å². The summed E-state index contributed by atoms with van der Waals surface area (Å²) in [5.41, 5.74) is -0.00304. The number of aliphatic hydroxyl groups is 4. The van der Waals surface area contributed by atoms with Crippen LogP contribution < -0.4 is 20.4 Å². The highest BCUT2D eigenvalue weighted by molar-refractivity contribution is 7.86. The van der Waals surface area contributed by atoms with Crippen LogP contribution >= 0.6 is 23.2 Å². The van der Waals surface area contributed by atoms with Crippen LogP contribution in [0, 0.1) is 0 Å².